The quantitative estimate of drug-likeness (QED) is 0.333. The Morgan fingerprint density at radius 3 is 1.52 bits per heavy atom. The molecular formula is C22H34Cl2Ti. The van der Waals surface area contributed by atoms with Gasteiger partial charge in [0, 0.05) is 0 Å². The van der Waals surface area contributed by atoms with Gasteiger partial charge in [0.2, 0.25) is 0 Å². The van der Waals surface area contributed by atoms with Crippen molar-refractivity contribution in [2.45, 2.75) is 90.9 Å². The topological polar surface area (TPSA) is 0 Å². The van der Waals surface area contributed by atoms with Crippen LogP contribution in [0.2, 0.25) is 0 Å². The molecule has 0 spiro atoms. The molecule has 0 saturated carbocycles. The minimum Gasteiger partial charge on any atom is -1.00 e. The molecule has 0 nitrogen and oxygen atoms in total. The molecule has 2 aliphatic rings. The molecule has 0 saturated heterocycles. The van der Waals surface area contributed by atoms with Gasteiger partial charge in [-0.1, -0.05) is 0 Å². The van der Waals surface area contributed by atoms with Crippen LogP contribution in [0.15, 0.2) is 43.2 Å². The summed E-state index contributed by atoms with van der Waals surface area (Å²) in [6.45, 7) is 4.60. The molecule has 0 unspecified atom stereocenters. The molecule has 0 aliphatic heterocycles. The Labute approximate surface area is 177 Å². The summed E-state index contributed by atoms with van der Waals surface area (Å²) >= 11 is -0.0336. The molecule has 0 bridgehead atoms. The van der Waals surface area contributed by atoms with E-state index >= 15 is 0 Å². The summed E-state index contributed by atoms with van der Waals surface area (Å²) in [5, 5.41) is 0. The van der Waals surface area contributed by atoms with Crippen LogP contribution in [0, 0.1) is 0 Å². The summed E-state index contributed by atoms with van der Waals surface area (Å²) in [6.07, 6.45) is 26.0. The zero-order valence-corrected chi connectivity index (χ0v) is 19.1. The zero-order valence-electron chi connectivity index (χ0n) is 16.1. The van der Waals surface area contributed by atoms with Crippen LogP contribution in [0.25, 0.3) is 0 Å². The van der Waals surface area contributed by atoms with Crippen molar-refractivity contribution in [3.05, 3.63) is 43.2 Å². The van der Waals surface area contributed by atoms with Crippen LogP contribution in [0.1, 0.15) is 90.9 Å². The van der Waals surface area contributed by atoms with Gasteiger partial charge in [0.25, 0.3) is 0 Å². The van der Waals surface area contributed by atoms with Crippen LogP contribution < -0.4 is 24.8 Å². The van der Waals surface area contributed by atoms with Crippen molar-refractivity contribution in [3.8, 4) is 0 Å². The normalized spacial score (nSPS) is 15.4. The van der Waals surface area contributed by atoms with Crippen molar-refractivity contribution in [3.63, 3.8) is 0 Å². The first kappa shape index (κ1) is 25.3. The van der Waals surface area contributed by atoms with Crippen LogP contribution in [-0.4, -0.2) is 0 Å². The maximum Gasteiger partial charge on any atom is -1.00 e. The van der Waals surface area contributed by atoms with Crippen LogP contribution in [0.4, 0.5) is 0 Å². The predicted molar refractivity (Wildman–Crippen MR) is 99.1 cm³/mol. The Morgan fingerprint density at radius 1 is 0.680 bits per heavy atom. The number of hydrogen-bond acceptors (Lipinski definition) is 0. The van der Waals surface area contributed by atoms with E-state index in [0.29, 0.717) is 0 Å². The summed E-state index contributed by atoms with van der Waals surface area (Å²) in [5.74, 6) is 0. The summed E-state index contributed by atoms with van der Waals surface area (Å²) < 4.78 is 3.68. The fourth-order valence-electron chi connectivity index (χ4n) is 3.50. The van der Waals surface area contributed by atoms with E-state index in [0.717, 1.165) is 0 Å². The van der Waals surface area contributed by atoms with E-state index in [-0.39, 0.29) is 44.0 Å². The SMILES string of the molecule is CCCCCCC1=[C]([Ti+2][C]2=C(CCCCCC)C=CC2)CC=C1.[Cl-].[Cl-]. The van der Waals surface area contributed by atoms with Gasteiger partial charge < -0.3 is 24.8 Å². The van der Waals surface area contributed by atoms with Gasteiger partial charge in [0.1, 0.15) is 0 Å². The van der Waals surface area contributed by atoms with Gasteiger partial charge in [-0.25, -0.2) is 0 Å². The number of unbranched alkanes of at least 4 members (excludes halogenated alkanes) is 6. The van der Waals surface area contributed by atoms with Crippen molar-refractivity contribution in [2.24, 2.45) is 0 Å². The van der Waals surface area contributed by atoms with E-state index < -0.39 is 0 Å². The van der Waals surface area contributed by atoms with Crippen molar-refractivity contribution < 1.29 is 44.0 Å². The third kappa shape index (κ3) is 9.14. The monoisotopic (exact) mass is 416 g/mol. The zero-order chi connectivity index (χ0) is 16.3. The van der Waals surface area contributed by atoms with E-state index in [2.05, 4.69) is 38.2 Å². The summed E-state index contributed by atoms with van der Waals surface area (Å²) in [7, 11) is 0. The summed E-state index contributed by atoms with van der Waals surface area (Å²) in [5.41, 5.74) is 3.43. The smallest absolute Gasteiger partial charge is 1.00 e. The molecule has 0 amide bonds. The molecule has 140 valence electrons. The van der Waals surface area contributed by atoms with E-state index in [1.54, 1.807) is 11.1 Å². The fraction of sp³-hybridized carbons (Fsp3) is 0.636. The molecule has 2 aliphatic carbocycles. The average molecular weight is 417 g/mol. The van der Waals surface area contributed by atoms with E-state index in [9.17, 15) is 0 Å². The molecule has 25 heavy (non-hydrogen) atoms. The Bertz CT molecular complexity index is 442. The minimum atomic E-state index is -0.0336. The van der Waals surface area contributed by atoms with Crippen LogP contribution in [-0.2, 0) is 19.2 Å². The van der Waals surface area contributed by atoms with Crippen LogP contribution in [0.5, 0.6) is 0 Å². The molecular weight excluding hydrogens is 383 g/mol. The average Bonchev–Trinajstić information content (AvgIpc) is 3.18. The van der Waals surface area contributed by atoms with Crippen molar-refractivity contribution in [2.75, 3.05) is 0 Å². The third-order valence-electron chi connectivity index (χ3n) is 4.96. The predicted octanol–water partition coefficient (Wildman–Crippen LogP) is 1.45. The number of rotatable bonds is 12. The van der Waals surface area contributed by atoms with Gasteiger partial charge in [0.05, 0.1) is 0 Å². The van der Waals surface area contributed by atoms with Crippen LogP contribution in [0.3, 0.4) is 0 Å². The summed E-state index contributed by atoms with van der Waals surface area (Å²) in [6, 6.07) is 0. The first-order chi connectivity index (χ1) is 11.3. The van der Waals surface area contributed by atoms with Crippen molar-refractivity contribution in [1.82, 2.24) is 0 Å². The largest absolute Gasteiger partial charge is 1.00 e. The third-order valence-corrected chi connectivity index (χ3v) is 7.54. The second-order valence-electron chi connectivity index (χ2n) is 6.97. The molecule has 0 N–H and O–H groups in total. The number of allylic oxidation sites excluding steroid dienone is 8. The molecule has 2 rings (SSSR count). The first-order valence-corrected chi connectivity index (χ1v) is 11.5. The van der Waals surface area contributed by atoms with E-state index in [1.807, 2.05) is 7.76 Å². The fourth-order valence-corrected chi connectivity index (χ4v) is 5.91. The van der Waals surface area contributed by atoms with Crippen LogP contribution >= 0.6 is 0 Å². The Kier molecular flexibility index (Phi) is 15.5. The van der Waals surface area contributed by atoms with Gasteiger partial charge in [-0.05, 0) is 0 Å². The standard InChI is InChI=1S/2C11H17.2ClH.Ti/c2*1-2-3-4-5-8-11-9-6-7-10-11;;;/h2*6,9H,2-5,7-8H2,1H3;2*1H;/q;;;;+2/p-2. The molecule has 0 radical (unpaired) electrons. The Morgan fingerprint density at radius 2 is 1.12 bits per heavy atom. The maximum absolute atomic E-state index is 2.44. The number of halogens is 2. The van der Waals surface area contributed by atoms with Crippen molar-refractivity contribution in [1.29, 1.82) is 0 Å². The second-order valence-corrected chi connectivity index (χ2v) is 9.24. The second kappa shape index (κ2) is 15.3. The van der Waals surface area contributed by atoms with Gasteiger partial charge in [-0.15, -0.1) is 0 Å². The Hall–Kier alpha value is 0.254. The molecule has 0 heterocycles. The maximum atomic E-state index is 2.44. The van der Waals surface area contributed by atoms with Crippen molar-refractivity contribution >= 4 is 0 Å². The molecule has 0 atom stereocenters. The van der Waals surface area contributed by atoms with Gasteiger partial charge in [-0.2, -0.15) is 0 Å². The molecule has 0 aromatic heterocycles. The number of hydrogen-bond donors (Lipinski definition) is 0. The van der Waals surface area contributed by atoms with E-state index in [1.165, 1.54) is 77.0 Å². The minimum absolute atomic E-state index is 0. The van der Waals surface area contributed by atoms with E-state index in [4.69, 9.17) is 0 Å². The van der Waals surface area contributed by atoms with Gasteiger partial charge in [0.15, 0.2) is 0 Å². The first-order valence-electron chi connectivity index (χ1n) is 9.89. The molecule has 0 aromatic carbocycles. The van der Waals surface area contributed by atoms with Gasteiger partial charge >= 0.3 is 153 Å². The molecule has 0 aromatic rings. The molecule has 0 fully saturated rings. The molecule has 3 heteroatoms. The Balaban J connectivity index is 0.00000288. The summed E-state index contributed by atoms with van der Waals surface area (Å²) in [4.78, 5) is 0. The van der Waals surface area contributed by atoms with Gasteiger partial charge in [-0.3, -0.25) is 0 Å².